The van der Waals surface area contributed by atoms with Crippen LogP contribution < -0.4 is 0 Å². The van der Waals surface area contributed by atoms with Gasteiger partial charge in [0.05, 0.1) is 13.2 Å². The molecule has 0 N–H and O–H groups in total. The van der Waals surface area contributed by atoms with Gasteiger partial charge in [-0.2, -0.15) is 0 Å². The van der Waals surface area contributed by atoms with Crippen molar-refractivity contribution in [3.8, 4) is 0 Å². The van der Waals surface area contributed by atoms with Gasteiger partial charge in [0.15, 0.2) is 6.29 Å². The Kier molecular flexibility index (Phi) is 7.46. The highest BCUT2D eigenvalue weighted by molar-refractivity contribution is 4.81. The Labute approximate surface area is 150 Å². The third kappa shape index (κ3) is 4.97. The maximum absolute atomic E-state index is 6.23. The molecule has 0 atom stereocenters. The van der Waals surface area contributed by atoms with Crippen LogP contribution in [0.5, 0.6) is 0 Å². The number of hydrogen-bond donors (Lipinski definition) is 0. The van der Waals surface area contributed by atoms with Crippen LogP contribution in [0.15, 0.2) is 0 Å². The van der Waals surface area contributed by atoms with E-state index in [-0.39, 0.29) is 6.29 Å². The first kappa shape index (κ1) is 18.7. The molecule has 2 heteroatoms. The normalized spacial score (nSPS) is 41.2. The first-order valence-electron chi connectivity index (χ1n) is 11.0. The van der Waals surface area contributed by atoms with Crippen molar-refractivity contribution in [2.24, 2.45) is 29.6 Å². The molecule has 3 rings (SSSR count). The van der Waals surface area contributed by atoms with E-state index in [2.05, 4.69) is 13.8 Å². The molecule has 0 bridgehead atoms. The van der Waals surface area contributed by atoms with Crippen molar-refractivity contribution >= 4 is 0 Å². The molecule has 1 heterocycles. The Morgan fingerprint density at radius 2 is 1.25 bits per heavy atom. The van der Waals surface area contributed by atoms with Crippen LogP contribution in [0.3, 0.4) is 0 Å². The summed E-state index contributed by atoms with van der Waals surface area (Å²) in [6.07, 6.45) is 16.8. The lowest BCUT2D eigenvalue weighted by Gasteiger charge is -2.41. The number of hydrogen-bond acceptors (Lipinski definition) is 2. The maximum atomic E-state index is 6.23. The van der Waals surface area contributed by atoms with Gasteiger partial charge in [-0.15, -0.1) is 0 Å². The molecular formula is C22H40O2. The van der Waals surface area contributed by atoms with E-state index in [0.717, 1.165) is 31.0 Å². The largest absolute Gasteiger partial charge is 0.352 e. The van der Waals surface area contributed by atoms with Crippen LogP contribution in [0.4, 0.5) is 0 Å². The predicted octanol–water partition coefficient (Wildman–Crippen LogP) is 6.19. The van der Waals surface area contributed by atoms with E-state index in [1.807, 2.05) is 0 Å². The minimum absolute atomic E-state index is 0.111. The zero-order chi connectivity index (χ0) is 16.8. The van der Waals surface area contributed by atoms with E-state index >= 15 is 0 Å². The number of ether oxygens (including phenoxy) is 2. The van der Waals surface area contributed by atoms with Crippen LogP contribution in [0.25, 0.3) is 0 Å². The monoisotopic (exact) mass is 336 g/mol. The molecule has 3 aliphatic rings. The molecule has 0 aromatic carbocycles. The van der Waals surface area contributed by atoms with Crippen molar-refractivity contribution in [2.75, 3.05) is 13.2 Å². The summed E-state index contributed by atoms with van der Waals surface area (Å²) in [6.45, 7) is 6.57. The van der Waals surface area contributed by atoms with Crippen molar-refractivity contribution in [3.63, 3.8) is 0 Å². The van der Waals surface area contributed by atoms with Crippen LogP contribution in [-0.2, 0) is 9.47 Å². The van der Waals surface area contributed by atoms with Crippen LogP contribution in [-0.4, -0.2) is 19.5 Å². The fraction of sp³-hybridized carbons (Fsp3) is 1.00. The van der Waals surface area contributed by atoms with Crippen molar-refractivity contribution in [2.45, 2.75) is 97.2 Å². The van der Waals surface area contributed by atoms with Crippen LogP contribution in [0.2, 0.25) is 0 Å². The van der Waals surface area contributed by atoms with E-state index in [4.69, 9.17) is 9.47 Å². The molecule has 3 fully saturated rings. The van der Waals surface area contributed by atoms with Crippen LogP contribution >= 0.6 is 0 Å². The average Bonchev–Trinajstić information content (AvgIpc) is 2.67. The SMILES string of the molecule is CCCCC1CCC(C2OCC(C3CCC(CC)CC3)CO2)CC1. The fourth-order valence-corrected chi connectivity index (χ4v) is 5.39. The molecule has 1 saturated heterocycles. The molecule has 2 aliphatic carbocycles. The lowest BCUT2D eigenvalue weighted by molar-refractivity contribution is -0.237. The molecule has 0 aromatic rings. The first-order chi connectivity index (χ1) is 11.8. The van der Waals surface area contributed by atoms with Gasteiger partial charge in [-0.05, 0) is 56.3 Å². The standard InChI is InChI=1S/C22H40O2/c1-3-5-6-18-9-13-20(14-10-18)22-23-15-21(16-24-22)19-11-7-17(4-2)8-12-19/h17-22H,3-16H2,1-2H3. The molecular weight excluding hydrogens is 296 g/mol. The van der Waals surface area contributed by atoms with Gasteiger partial charge in [-0.1, -0.05) is 52.4 Å². The quantitative estimate of drug-likeness (QED) is 0.576. The highest BCUT2D eigenvalue weighted by Gasteiger charge is 2.35. The molecule has 2 saturated carbocycles. The second-order valence-electron chi connectivity index (χ2n) is 8.91. The second kappa shape index (κ2) is 9.57. The molecule has 0 unspecified atom stereocenters. The summed E-state index contributed by atoms with van der Waals surface area (Å²) < 4.78 is 12.5. The van der Waals surface area contributed by atoms with Gasteiger partial charge in [0.1, 0.15) is 0 Å². The van der Waals surface area contributed by atoms with Crippen molar-refractivity contribution in [1.82, 2.24) is 0 Å². The molecule has 0 aromatic heterocycles. The summed E-state index contributed by atoms with van der Waals surface area (Å²) >= 11 is 0. The molecule has 2 nitrogen and oxygen atoms in total. The van der Waals surface area contributed by atoms with Crippen molar-refractivity contribution < 1.29 is 9.47 Å². The maximum Gasteiger partial charge on any atom is 0.160 e. The van der Waals surface area contributed by atoms with Gasteiger partial charge in [0.2, 0.25) is 0 Å². The summed E-state index contributed by atoms with van der Waals surface area (Å²) in [5.74, 6) is 4.16. The third-order valence-electron chi connectivity index (χ3n) is 7.33. The first-order valence-corrected chi connectivity index (χ1v) is 11.0. The third-order valence-corrected chi connectivity index (χ3v) is 7.33. The highest BCUT2D eigenvalue weighted by Crippen LogP contribution is 2.39. The average molecular weight is 337 g/mol. The van der Waals surface area contributed by atoms with Gasteiger partial charge in [0.25, 0.3) is 0 Å². The summed E-state index contributed by atoms with van der Waals surface area (Å²) in [6, 6.07) is 0. The number of unbranched alkanes of at least 4 members (excludes halogenated alkanes) is 1. The smallest absolute Gasteiger partial charge is 0.160 e. The Bertz CT molecular complexity index is 332. The topological polar surface area (TPSA) is 18.5 Å². The number of rotatable bonds is 6. The van der Waals surface area contributed by atoms with Gasteiger partial charge in [0, 0.05) is 11.8 Å². The van der Waals surface area contributed by atoms with Crippen molar-refractivity contribution in [3.05, 3.63) is 0 Å². The second-order valence-corrected chi connectivity index (χ2v) is 8.91. The summed E-state index contributed by atoms with van der Waals surface area (Å²) in [4.78, 5) is 0. The lowest BCUT2D eigenvalue weighted by atomic mass is 9.75. The summed E-state index contributed by atoms with van der Waals surface area (Å²) in [5, 5.41) is 0. The van der Waals surface area contributed by atoms with E-state index in [1.54, 1.807) is 0 Å². The molecule has 140 valence electrons. The van der Waals surface area contributed by atoms with Crippen LogP contribution in [0.1, 0.15) is 90.9 Å². The molecule has 24 heavy (non-hydrogen) atoms. The molecule has 0 radical (unpaired) electrons. The van der Waals surface area contributed by atoms with Gasteiger partial charge >= 0.3 is 0 Å². The van der Waals surface area contributed by atoms with Crippen molar-refractivity contribution in [1.29, 1.82) is 0 Å². The van der Waals surface area contributed by atoms with Gasteiger partial charge in [-0.3, -0.25) is 0 Å². The predicted molar refractivity (Wildman–Crippen MR) is 99.9 cm³/mol. The minimum Gasteiger partial charge on any atom is -0.352 e. The Morgan fingerprint density at radius 3 is 1.83 bits per heavy atom. The molecule has 0 spiro atoms. The Morgan fingerprint density at radius 1 is 0.667 bits per heavy atom. The Balaban J connectivity index is 1.35. The lowest BCUT2D eigenvalue weighted by Crippen LogP contribution is -2.41. The van der Waals surface area contributed by atoms with Gasteiger partial charge < -0.3 is 9.47 Å². The summed E-state index contributed by atoms with van der Waals surface area (Å²) in [7, 11) is 0. The fourth-order valence-electron chi connectivity index (χ4n) is 5.39. The zero-order valence-corrected chi connectivity index (χ0v) is 16.2. The molecule has 0 amide bonds. The molecule has 1 aliphatic heterocycles. The van der Waals surface area contributed by atoms with Crippen LogP contribution in [0, 0.1) is 29.6 Å². The zero-order valence-electron chi connectivity index (χ0n) is 16.2. The minimum atomic E-state index is 0.111. The van der Waals surface area contributed by atoms with E-state index in [9.17, 15) is 0 Å². The highest BCUT2D eigenvalue weighted by atomic mass is 16.7. The Hall–Kier alpha value is -0.0800. The van der Waals surface area contributed by atoms with Gasteiger partial charge in [-0.25, -0.2) is 0 Å². The van der Waals surface area contributed by atoms with E-state index < -0.39 is 0 Å². The summed E-state index contributed by atoms with van der Waals surface area (Å²) in [5.41, 5.74) is 0. The van der Waals surface area contributed by atoms with E-state index in [0.29, 0.717) is 11.8 Å². The van der Waals surface area contributed by atoms with E-state index in [1.165, 1.54) is 77.0 Å².